The minimum atomic E-state index is -0.283. The van der Waals surface area contributed by atoms with E-state index in [1.54, 1.807) is 11.0 Å². The maximum absolute atomic E-state index is 13.6. The van der Waals surface area contributed by atoms with Gasteiger partial charge in [-0.2, -0.15) is 0 Å². The fraction of sp³-hybridized carbons (Fsp3) is 0.190. The van der Waals surface area contributed by atoms with Gasteiger partial charge in [0.1, 0.15) is 5.82 Å². The van der Waals surface area contributed by atoms with Crippen molar-refractivity contribution in [3.63, 3.8) is 0 Å². The second-order valence-electron chi connectivity index (χ2n) is 6.55. The molecule has 1 aliphatic rings. The van der Waals surface area contributed by atoms with Crippen molar-refractivity contribution in [1.29, 1.82) is 0 Å². The Morgan fingerprint density at radius 2 is 1.89 bits per heavy atom. The SMILES string of the molecule is C[C@H]1c2cc(F)ccc2CCN1C(=O)c1cnc(Nc2ccccc2)nc1. The Hall–Kier alpha value is -3.28. The van der Waals surface area contributed by atoms with E-state index >= 15 is 0 Å². The summed E-state index contributed by atoms with van der Waals surface area (Å²) in [6.45, 7) is 2.50. The lowest BCUT2D eigenvalue weighted by Crippen LogP contribution is -2.39. The topological polar surface area (TPSA) is 58.1 Å². The van der Waals surface area contributed by atoms with Gasteiger partial charge in [-0.25, -0.2) is 14.4 Å². The average Bonchev–Trinajstić information content (AvgIpc) is 2.70. The van der Waals surface area contributed by atoms with Gasteiger partial charge in [0.15, 0.2) is 0 Å². The minimum Gasteiger partial charge on any atom is -0.331 e. The molecule has 6 heteroatoms. The van der Waals surface area contributed by atoms with Crippen LogP contribution < -0.4 is 5.32 Å². The number of hydrogen-bond donors (Lipinski definition) is 1. The smallest absolute Gasteiger partial charge is 0.257 e. The van der Waals surface area contributed by atoms with E-state index < -0.39 is 0 Å². The molecule has 4 rings (SSSR count). The van der Waals surface area contributed by atoms with Crippen molar-refractivity contribution < 1.29 is 9.18 Å². The van der Waals surface area contributed by atoms with Gasteiger partial charge in [0.05, 0.1) is 11.6 Å². The number of carbonyl (C=O) groups is 1. The van der Waals surface area contributed by atoms with Crippen molar-refractivity contribution in [2.75, 3.05) is 11.9 Å². The maximum Gasteiger partial charge on any atom is 0.257 e. The van der Waals surface area contributed by atoms with Crippen molar-refractivity contribution in [3.8, 4) is 0 Å². The van der Waals surface area contributed by atoms with E-state index in [-0.39, 0.29) is 17.8 Å². The van der Waals surface area contributed by atoms with Gasteiger partial charge in [-0.05, 0) is 48.7 Å². The molecule has 5 nitrogen and oxygen atoms in total. The lowest BCUT2D eigenvalue weighted by Gasteiger charge is -2.35. The van der Waals surface area contributed by atoms with Crippen molar-refractivity contribution in [3.05, 3.63) is 83.4 Å². The second kappa shape index (κ2) is 7.15. The highest BCUT2D eigenvalue weighted by Crippen LogP contribution is 2.31. The molecule has 136 valence electrons. The van der Waals surface area contributed by atoms with E-state index in [1.807, 2.05) is 37.3 Å². The molecule has 2 heterocycles. The molecule has 0 fully saturated rings. The predicted molar refractivity (Wildman–Crippen MR) is 101 cm³/mol. The summed E-state index contributed by atoms with van der Waals surface area (Å²) in [5.74, 6) is -0.00453. The van der Waals surface area contributed by atoms with E-state index in [4.69, 9.17) is 0 Å². The lowest BCUT2D eigenvalue weighted by atomic mass is 9.93. The van der Waals surface area contributed by atoms with Gasteiger partial charge < -0.3 is 10.2 Å². The second-order valence-corrected chi connectivity index (χ2v) is 6.55. The molecule has 0 saturated carbocycles. The normalized spacial score (nSPS) is 15.9. The molecule has 3 aromatic rings. The zero-order chi connectivity index (χ0) is 18.8. The summed E-state index contributed by atoms with van der Waals surface area (Å²) in [5.41, 5.74) is 3.24. The van der Waals surface area contributed by atoms with Gasteiger partial charge in [0.25, 0.3) is 5.91 Å². The van der Waals surface area contributed by atoms with Crippen LogP contribution in [0.2, 0.25) is 0 Å². The van der Waals surface area contributed by atoms with E-state index in [1.165, 1.54) is 24.5 Å². The largest absolute Gasteiger partial charge is 0.331 e. The number of anilines is 2. The van der Waals surface area contributed by atoms with Crippen LogP contribution in [0.3, 0.4) is 0 Å². The Bertz CT molecular complexity index is 960. The lowest BCUT2D eigenvalue weighted by molar-refractivity contribution is 0.0676. The molecule has 1 amide bonds. The van der Waals surface area contributed by atoms with Gasteiger partial charge >= 0.3 is 0 Å². The van der Waals surface area contributed by atoms with Crippen molar-refractivity contribution in [1.82, 2.24) is 14.9 Å². The van der Waals surface area contributed by atoms with Gasteiger partial charge in [0, 0.05) is 24.6 Å². The Morgan fingerprint density at radius 1 is 1.15 bits per heavy atom. The van der Waals surface area contributed by atoms with E-state index in [9.17, 15) is 9.18 Å². The first-order valence-corrected chi connectivity index (χ1v) is 8.85. The molecular formula is C21H19FN4O. The van der Waals surface area contributed by atoms with Gasteiger partial charge in [0.2, 0.25) is 5.95 Å². The van der Waals surface area contributed by atoms with Crippen LogP contribution in [-0.4, -0.2) is 27.3 Å². The number of amides is 1. The van der Waals surface area contributed by atoms with Crippen LogP contribution in [0.25, 0.3) is 0 Å². The van der Waals surface area contributed by atoms with Crippen molar-refractivity contribution >= 4 is 17.5 Å². The van der Waals surface area contributed by atoms with Crippen LogP contribution in [0.5, 0.6) is 0 Å². The van der Waals surface area contributed by atoms with Crippen molar-refractivity contribution in [2.45, 2.75) is 19.4 Å². The first kappa shape index (κ1) is 17.1. The predicted octanol–water partition coefficient (Wildman–Crippen LogP) is 4.12. The highest BCUT2D eigenvalue weighted by molar-refractivity contribution is 5.94. The first-order chi connectivity index (χ1) is 13.1. The third kappa shape index (κ3) is 3.51. The van der Waals surface area contributed by atoms with Gasteiger partial charge in [-0.3, -0.25) is 4.79 Å². The van der Waals surface area contributed by atoms with Crippen LogP contribution in [-0.2, 0) is 6.42 Å². The molecule has 0 spiro atoms. The third-order valence-corrected chi connectivity index (χ3v) is 4.84. The number of para-hydroxylation sites is 1. The summed E-state index contributed by atoms with van der Waals surface area (Å²) < 4.78 is 13.6. The van der Waals surface area contributed by atoms with E-state index in [0.717, 1.165) is 16.8 Å². The van der Waals surface area contributed by atoms with Crippen molar-refractivity contribution in [2.24, 2.45) is 0 Å². The van der Waals surface area contributed by atoms with Gasteiger partial charge in [-0.1, -0.05) is 24.3 Å². The zero-order valence-electron chi connectivity index (χ0n) is 14.9. The molecule has 1 aliphatic heterocycles. The number of hydrogen-bond acceptors (Lipinski definition) is 4. The van der Waals surface area contributed by atoms with Crippen LogP contribution in [0, 0.1) is 5.82 Å². The molecule has 0 saturated heterocycles. The number of carbonyl (C=O) groups excluding carboxylic acids is 1. The average molecular weight is 362 g/mol. The quantitative estimate of drug-likeness (QED) is 0.761. The number of nitrogens with zero attached hydrogens (tertiary/aromatic N) is 3. The zero-order valence-corrected chi connectivity index (χ0v) is 14.9. The Kier molecular flexibility index (Phi) is 4.54. The summed E-state index contributed by atoms with van der Waals surface area (Å²) in [6.07, 6.45) is 3.75. The number of benzene rings is 2. The van der Waals surface area contributed by atoms with E-state index in [0.29, 0.717) is 24.5 Å². The molecule has 1 aromatic heterocycles. The fourth-order valence-electron chi connectivity index (χ4n) is 3.38. The third-order valence-electron chi connectivity index (χ3n) is 4.84. The molecule has 27 heavy (non-hydrogen) atoms. The molecule has 0 bridgehead atoms. The number of rotatable bonds is 3. The number of nitrogens with one attached hydrogen (secondary N) is 1. The maximum atomic E-state index is 13.6. The highest BCUT2D eigenvalue weighted by Gasteiger charge is 2.28. The summed E-state index contributed by atoms with van der Waals surface area (Å²) >= 11 is 0. The molecule has 0 unspecified atom stereocenters. The monoisotopic (exact) mass is 362 g/mol. The van der Waals surface area contributed by atoms with Gasteiger partial charge in [-0.15, -0.1) is 0 Å². The summed E-state index contributed by atoms with van der Waals surface area (Å²) in [4.78, 5) is 23.1. The summed E-state index contributed by atoms with van der Waals surface area (Å²) in [6, 6.07) is 14.2. The minimum absolute atomic E-state index is 0.149. The first-order valence-electron chi connectivity index (χ1n) is 8.85. The number of aromatic nitrogens is 2. The van der Waals surface area contributed by atoms with Crippen LogP contribution in [0.1, 0.15) is 34.5 Å². The van der Waals surface area contributed by atoms with Crippen LogP contribution in [0.15, 0.2) is 60.9 Å². The Balaban J connectivity index is 1.51. The molecule has 2 aromatic carbocycles. The molecule has 1 N–H and O–H groups in total. The Morgan fingerprint density at radius 3 is 2.63 bits per heavy atom. The van der Waals surface area contributed by atoms with Crippen LogP contribution in [0.4, 0.5) is 16.0 Å². The fourth-order valence-corrected chi connectivity index (χ4v) is 3.38. The Labute approximate surface area is 156 Å². The molecule has 0 aliphatic carbocycles. The molecule has 1 atom stereocenters. The molecule has 0 radical (unpaired) electrons. The summed E-state index contributed by atoms with van der Waals surface area (Å²) in [7, 11) is 0. The number of fused-ring (bicyclic) bond motifs is 1. The number of halogens is 1. The highest BCUT2D eigenvalue weighted by atomic mass is 19.1. The standard InChI is InChI=1S/C21H19FN4O/c1-14-19-11-17(22)8-7-15(19)9-10-26(14)20(27)16-12-23-21(24-13-16)25-18-5-3-2-4-6-18/h2-8,11-14H,9-10H2,1H3,(H,23,24,25)/t14-/m0/s1. The summed E-state index contributed by atoms with van der Waals surface area (Å²) in [5, 5.41) is 3.09. The molecular weight excluding hydrogens is 343 g/mol. The van der Waals surface area contributed by atoms with E-state index in [2.05, 4.69) is 15.3 Å². The van der Waals surface area contributed by atoms with Crippen LogP contribution >= 0.6 is 0 Å².